The fourth-order valence-electron chi connectivity index (χ4n) is 4.69. The van der Waals surface area contributed by atoms with Gasteiger partial charge in [0.05, 0.1) is 11.7 Å². The van der Waals surface area contributed by atoms with Crippen LogP contribution in [-0.2, 0) is 0 Å². The molecular formula is C22H27FN6OS. The van der Waals surface area contributed by atoms with Gasteiger partial charge in [0, 0.05) is 19.1 Å². The van der Waals surface area contributed by atoms with E-state index in [9.17, 15) is 4.39 Å². The van der Waals surface area contributed by atoms with Crippen molar-refractivity contribution < 1.29 is 9.13 Å². The van der Waals surface area contributed by atoms with E-state index in [1.807, 2.05) is 20.8 Å². The number of aryl methyl sites for hydroxylation is 1. The molecule has 2 aromatic heterocycles. The Morgan fingerprint density at radius 1 is 1.19 bits per heavy atom. The normalized spacial score (nSPS) is 22.9. The Labute approximate surface area is 185 Å². The Kier molecular flexibility index (Phi) is 5.29. The summed E-state index contributed by atoms with van der Waals surface area (Å²) in [7, 11) is 0. The number of rotatable bonds is 6. The smallest absolute Gasteiger partial charge is 0.322 e. The maximum Gasteiger partial charge on any atom is 0.322 e. The highest BCUT2D eigenvalue weighted by Gasteiger charge is 2.43. The summed E-state index contributed by atoms with van der Waals surface area (Å²) < 4.78 is 26.0. The summed E-state index contributed by atoms with van der Waals surface area (Å²) >= 11 is 1.58. The standard InChI is InChI=1S/C22H27FN6OS/c1-13(2)29-22(30-18-7-5-4-6-17(18)23)25-21(26-29)24-20-15-8-9-16(20)12-28(11-15)19-10-14(3)27-31-19/h4-7,10,13,15-16,20H,8-9,11-12H2,1-3H3,(H,24,26). The first-order valence-corrected chi connectivity index (χ1v) is 11.6. The molecule has 1 saturated heterocycles. The van der Waals surface area contributed by atoms with Gasteiger partial charge >= 0.3 is 6.01 Å². The molecule has 0 spiro atoms. The number of piperidine rings is 1. The van der Waals surface area contributed by atoms with Crippen molar-refractivity contribution in [2.75, 3.05) is 23.3 Å². The van der Waals surface area contributed by atoms with Crippen LogP contribution in [0.2, 0.25) is 0 Å². The molecule has 2 atom stereocenters. The van der Waals surface area contributed by atoms with Crippen molar-refractivity contribution in [2.24, 2.45) is 11.8 Å². The second kappa shape index (κ2) is 8.11. The second-order valence-electron chi connectivity index (χ2n) is 8.77. The van der Waals surface area contributed by atoms with Crippen LogP contribution >= 0.6 is 11.5 Å². The highest BCUT2D eigenvalue weighted by atomic mass is 32.1. The zero-order chi connectivity index (χ0) is 21.5. The summed E-state index contributed by atoms with van der Waals surface area (Å²) in [5, 5.41) is 9.47. The van der Waals surface area contributed by atoms with Crippen LogP contribution in [0.15, 0.2) is 30.3 Å². The summed E-state index contributed by atoms with van der Waals surface area (Å²) in [4.78, 5) is 7.04. The first-order valence-electron chi connectivity index (χ1n) is 10.8. The van der Waals surface area contributed by atoms with Gasteiger partial charge in [-0.2, -0.15) is 9.36 Å². The SMILES string of the molecule is Cc1cc(N2CC3CCC(C2)C3Nc2nc(Oc3ccccc3F)n(C(C)C)n2)sn1. The molecule has 2 unspecified atom stereocenters. The third kappa shape index (κ3) is 3.98. The number of nitrogens with one attached hydrogen (secondary N) is 1. The van der Waals surface area contributed by atoms with E-state index in [4.69, 9.17) is 4.74 Å². The van der Waals surface area contributed by atoms with Crippen molar-refractivity contribution in [2.45, 2.75) is 45.7 Å². The minimum Gasteiger partial charge on any atom is -0.421 e. The van der Waals surface area contributed by atoms with Crippen LogP contribution in [-0.4, -0.2) is 38.3 Å². The number of fused-ring (bicyclic) bond motifs is 2. The van der Waals surface area contributed by atoms with Crippen molar-refractivity contribution in [3.63, 3.8) is 0 Å². The van der Waals surface area contributed by atoms with Gasteiger partial charge in [-0.3, -0.25) is 0 Å². The van der Waals surface area contributed by atoms with Crippen LogP contribution in [0.3, 0.4) is 0 Å². The lowest BCUT2D eigenvalue weighted by Crippen LogP contribution is -2.48. The second-order valence-corrected chi connectivity index (χ2v) is 9.55. The van der Waals surface area contributed by atoms with Crippen LogP contribution in [0.4, 0.5) is 15.3 Å². The number of nitrogens with zero attached hydrogens (tertiary/aromatic N) is 5. The lowest BCUT2D eigenvalue weighted by Gasteiger charge is -2.38. The molecule has 3 aromatic rings. The molecular weight excluding hydrogens is 415 g/mol. The number of aromatic nitrogens is 4. The van der Waals surface area contributed by atoms with Gasteiger partial charge < -0.3 is 15.0 Å². The summed E-state index contributed by atoms with van der Waals surface area (Å²) in [5.41, 5.74) is 1.08. The fraction of sp³-hybridized carbons (Fsp3) is 0.500. The van der Waals surface area contributed by atoms with Gasteiger partial charge in [-0.1, -0.05) is 12.1 Å². The molecule has 0 radical (unpaired) electrons. The van der Waals surface area contributed by atoms with E-state index in [0.29, 0.717) is 29.8 Å². The molecule has 1 N–H and O–H groups in total. The van der Waals surface area contributed by atoms with E-state index in [1.165, 1.54) is 23.9 Å². The average molecular weight is 443 g/mol. The summed E-state index contributed by atoms with van der Waals surface area (Å²) in [6, 6.07) is 9.19. The van der Waals surface area contributed by atoms with Crippen LogP contribution in [0.1, 0.15) is 38.4 Å². The molecule has 9 heteroatoms. The van der Waals surface area contributed by atoms with Crippen molar-refractivity contribution >= 4 is 22.5 Å². The van der Waals surface area contributed by atoms with Crippen LogP contribution < -0.4 is 15.0 Å². The van der Waals surface area contributed by atoms with E-state index in [0.717, 1.165) is 18.8 Å². The average Bonchev–Trinajstić information content (AvgIpc) is 3.40. The molecule has 1 aliphatic heterocycles. The third-order valence-corrected chi connectivity index (χ3v) is 7.13. The number of hydrogen-bond acceptors (Lipinski definition) is 7. The van der Waals surface area contributed by atoms with E-state index in [1.54, 1.807) is 34.4 Å². The Balaban J connectivity index is 1.33. The maximum atomic E-state index is 14.1. The van der Waals surface area contributed by atoms with Gasteiger partial charge in [0.15, 0.2) is 11.6 Å². The molecule has 7 nitrogen and oxygen atoms in total. The Hall–Kier alpha value is -2.68. The molecule has 2 bridgehead atoms. The van der Waals surface area contributed by atoms with Gasteiger partial charge in [0.1, 0.15) is 5.00 Å². The lowest BCUT2D eigenvalue weighted by molar-refractivity contribution is 0.360. The number of benzene rings is 1. The summed E-state index contributed by atoms with van der Waals surface area (Å²) in [5.74, 6) is 1.34. The van der Waals surface area contributed by atoms with Crippen molar-refractivity contribution in [1.82, 2.24) is 19.1 Å². The van der Waals surface area contributed by atoms with E-state index in [2.05, 4.69) is 30.7 Å². The van der Waals surface area contributed by atoms with E-state index < -0.39 is 5.82 Å². The molecule has 1 aromatic carbocycles. The molecule has 3 heterocycles. The summed E-state index contributed by atoms with van der Waals surface area (Å²) in [6.07, 6.45) is 2.39. The summed E-state index contributed by atoms with van der Waals surface area (Å²) in [6.45, 7) is 8.08. The first kappa shape index (κ1) is 20.2. The van der Waals surface area contributed by atoms with Crippen LogP contribution in [0.5, 0.6) is 11.8 Å². The zero-order valence-electron chi connectivity index (χ0n) is 18.0. The van der Waals surface area contributed by atoms with Crippen molar-refractivity contribution in [3.8, 4) is 11.8 Å². The topological polar surface area (TPSA) is 68.1 Å². The molecule has 164 valence electrons. The number of ether oxygens (including phenoxy) is 1. The van der Waals surface area contributed by atoms with Gasteiger partial charge in [-0.05, 0) is 75.2 Å². The fourth-order valence-corrected chi connectivity index (χ4v) is 5.47. The molecule has 0 amide bonds. The molecule has 1 aliphatic carbocycles. The van der Waals surface area contributed by atoms with E-state index >= 15 is 0 Å². The molecule has 2 aliphatic rings. The zero-order valence-corrected chi connectivity index (χ0v) is 18.8. The quantitative estimate of drug-likeness (QED) is 0.587. The highest BCUT2D eigenvalue weighted by Crippen LogP contribution is 2.41. The third-order valence-electron chi connectivity index (χ3n) is 6.18. The van der Waals surface area contributed by atoms with Gasteiger partial charge in [-0.15, -0.1) is 5.10 Å². The van der Waals surface area contributed by atoms with Crippen molar-refractivity contribution in [1.29, 1.82) is 0 Å². The van der Waals surface area contributed by atoms with Crippen LogP contribution in [0.25, 0.3) is 0 Å². The predicted molar refractivity (Wildman–Crippen MR) is 120 cm³/mol. The minimum absolute atomic E-state index is 0.0398. The maximum absolute atomic E-state index is 14.1. The minimum atomic E-state index is -0.418. The predicted octanol–water partition coefficient (Wildman–Crippen LogP) is 4.88. The Bertz CT molecular complexity index is 1050. The number of anilines is 2. The highest BCUT2D eigenvalue weighted by molar-refractivity contribution is 7.10. The Morgan fingerprint density at radius 3 is 2.58 bits per heavy atom. The van der Waals surface area contributed by atoms with Crippen LogP contribution in [0, 0.1) is 24.6 Å². The van der Waals surface area contributed by atoms with Gasteiger partial charge in [0.25, 0.3) is 0 Å². The number of para-hydroxylation sites is 1. The molecule has 1 saturated carbocycles. The van der Waals surface area contributed by atoms with Gasteiger partial charge in [-0.25, -0.2) is 9.07 Å². The number of hydrogen-bond donors (Lipinski definition) is 1. The number of halogens is 1. The first-order chi connectivity index (χ1) is 15.0. The van der Waals surface area contributed by atoms with Crippen molar-refractivity contribution in [3.05, 3.63) is 41.8 Å². The molecule has 31 heavy (non-hydrogen) atoms. The van der Waals surface area contributed by atoms with Gasteiger partial charge in [0.2, 0.25) is 5.95 Å². The monoisotopic (exact) mass is 442 g/mol. The largest absolute Gasteiger partial charge is 0.421 e. The molecule has 2 fully saturated rings. The van der Waals surface area contributed by atoms with E-state index in [-0.39, 0.29) is 11.8 Å². The lowest BCUT2D eigenvalue weighted by atomic mass is 9.92. The molecule has 5 rings (SSSR count). The Morgan fingerprint density at radius 2 is 1.94 bits per heavy atom.